The Labute approximate surface area is 115 Å². The number of aromatic nitrogens is 3. The Bertz CT molecular complexity index is 543. The fourth-order valence-electron chi connectivity index (χ4n) is 1.54. The number of hydrogen-bond donors (Lipinski definition) is 2. The van der Waals surface area contributed by atoms with E-state index < -0.39 is 0 Å². The van der Waals surface area contributed by atoms with Gasteiger partial charge in [-0.15, -0.1) is 11.8 Å². The van der Waals surface area contributed by atoms with Crippen molar-refractivity contribution in [2.24, 2.45) is 0 Å². The molecule has 0 unspecified atom stereocenters. The van der Waals surface area contributed by atoms with Gasteiger partial charge in [0.15, 0.2) is 0 Å². The van der Waals surface area contributed by atoms with Crippen molar-refractivity contribution < 1.29 is 4.74 Å². The van der Waals surface area contributed by atoms with Crippen LogP contribution in [-0.2, 0) is 11.5 Å². The third-order valence-electron chi connectivity index (χ3n) is 2.35. The maximum absolute atomic E-state index is 5.51. The summed E-state index contributed by atoms with van der Waals surface area (Å²) in [6, 6.07) is 7.93. The number of thioether (sulfide) groups is 1. The van der Waals surface area contributed by atoms with E-state index in [2.05, 4.69) is 15.0 Å². The highest BCUT2D eigenvalue weighted by molar-refractivity contribution is 7.97. The van der Waals surface area contributed by atoms with Crippen molar-refractivity contribution in [1.29, 1.82) is 0 Å². The van der Waals surface area contributed by atoms with Crippen LogP contribution in [0.5, 0.6) is 5.75 Å². The molecule has 6 nitrogen and oxygen atoms in total. The summed E-state index contributed by atoms with van der Waals surface area (Å²) in [7, 11) is 1.66. The monoisotopic (exact) mass is 277 g/mol. The second-order valence-corrected chi connectivity index (χ2v) is 4.80. The Balaban J connectivity index is 1.92. The maximum Gasteiger partial charge on any atom is 0.225 e. The summed E-state index contributed by atoms with van der Waals surface area (Å²) in [6.45, 7) is 0. The van der Waals surface area contributed by atoms with Crippen LogP contribution in [-0.4, -0.2) is 22.1 Å². The highest BCUT2D eigenvalue weighted by atomic mass is 32.2. The second-order valence-electron chi connectivity index (χ2n) is 3.81. The molecule has 2 rings (SSSR count). The van der Waals surface area contributed by atoms with Crippen LogP contribution in [0.3, 0.4) is 0 Å². The molecule has 19 heavy (non-hydrogen) atoms. The first kappa shape index (κ1) is 13.4. The minimum absolute atomic E-state index is 0.157. The van der Waals surface area contributed by atoms with Crippen LogP contribution in [0.2, 0.25) is 0 Å². The molecule has 1 heterocycles. The van der Waals surface area contributed by atoms with Gasteiger partial charge in [0.25, 0.3) is 0 Å². The first-order valence-electron chi connectivity index (χ1n) is 5.64. The Morgan fingerprint density at radius 3 is 2.53 bits per heavy atom. The quantitative estimate of drug-likeness (QED) is 0.853. The molecular weight excluding hydrogens is 262 g/mol. The van der Waals surface area contributed by atoms with Gasteiger partial charge in [-0.3, -0.25) is 0 Å². The van der Waals surface area contributed by atoms with E-state index in [1.807, 2.05) is 24.3 Å². The number of nitrogen functional groups attached to an aromatic ring is 2. The highest BCUT2D eigenvalue weighted by Crippen LogP contribution is 2.20. The lowest BCUT2D eigenvalue weighted by Crippen LogP contribution is -2.06. The van der Waals surface area contributed by atoms with Crippen molar-refractivity contribution in [3.05, 3.63) is 35.7 Å². The van der Waals surface area contributed by atoms with Crippen LogP contribution in [0.1, 0.15) is 11.4 Å². The second kappa shape index (κ2) is 6.24. The molecule has 7 heteroatoms. The van der Waals surface area contributed by atoms with E-state index in [0.29, 0.717) is 11.6 Å². The van der Waals surface area contributed by atoms with E-state index in [1.54, 1.807) is 18.9 Å². The summed E-state index contributed by atoms with van der Waals surface area (Å²) < 4.78 is 5.18. The summed E-state index contributed by atoms with van der Waals surface area (Å²) in [5.41, 5.74) is 12.2. The fraction of sp³-hybridized carbons (Fsp3) is 0.250. The summed E-state index contributed by atoms with van der Waals surface area (Å²) in [5, 5.41) is 0. The SMILES string of the molecule is COc1cccc(CSCc2nc(N)nc(N)n2)c1. The van der Waals surface area contributed by atoms with Crippen molar-refractivity contribution in [3.8, 4) is 5.75 Å². The first-order chi connectivity index (χ1) is 9.17. The van der Waals surface area contributed by atoms with Gasteiger partial charge in [0.2, 0.25) is 11.9 Å². The summed E-state index contributed by atoms with van der Waals surface area (Å²) in [5.74, 6) is 3.23. The lowest BCUT2D eigenvalue weighted by atomic mass is 10.2. The van der Waals surface area contributed by atoms with Crippen molar-refractivity contribution in [2.45, 2.75) is 11.5 Å². The summed E-state index contributed by atoms with van der Waals surface area (Å²) >= 11 is 1.68. The van der Waals surface area contributed by atoms with E-state index in [-0.39, 0.29) is 11.9 Å². The van der Waals surface area contributed by atoms with Crippen molar-refractivity contribution in [2.75, 3.05) is 18.6 Å². The van der Waals surface area contributed by atoms with Crippen LogP contribution in [0.15, 0.2) is 24.3 Å². The third-order valence-corrected chi connectivity index (χ3v) is 3.35. The molecule has 0 saturated carbocycles. The van der Waals surface area contributed by atoms with E-state index in [0.717, 1.165) is 11.5 Å². The van der Waals surface area contributed by atoms with Crippen molar-refractivity contribution in [3.63, 3.8) is 0 Å². The average Bonchev–Trinajstić information content (AvgIpc) is 2.38. The Morgan fingerprint density at radius 2 is 1.84 bits per heavy atom. The van der Waals surface area contributed by atoms with Gasteiger partial charge in [-0.2, -0.15) is 15.0 Å². The minimum atomic E-state index is 0.157. The molecule has 4 N–H and O–H groups in total. The number of hydrogen-bond acceptors (Lipinski definition) is 7. The standard InChI is InChI=1S/C12H15N5OS/c1-18-9-4-2-3-8(5-9)6-19-7-10-15-11(13)17-12(14)16-10/h2-5H,6-7H2,1H3,(H4,13,14,15,16,17). The van der Waals surface area contributed by atoms with Crippen LogP contribution >= 0.6 is 11.8 Å². The molecule has 0 fully saturated rings. The number of nitrogens with zero attached hydrogens (tertiary/aromatic N) is 3. The van der Waals surface area contributed by atoms with Gasteiger partial charge in [0.1, 0.15) is 11.6 Å². The predicted octanol–water partition coefficient (Wildman–Crippen LogP) is 1.48. The topological polar surface area (TPSA) is 99.9 Å². The number of nitrogens with two attached hydrogens (primary N) is 2. The molecule has 1 aromatic heterocycles. The van der Waals surface area contributed by atoms with Crippen LogP contribution in [0, 0.1) is 0 Å². The van der Waals surface area contributed by atoms with Gasteiger partial charge in [-0.1, -0.05) is 12.1 Å². The van der Waals surface area contributed by atoms with Crippen LogP contribution in [0.4, 0.5) is 11.9 Å². The maximum atomic E-state index is 5.51. The molecule has 0 atom stereocenters. The van der Waals surface area contributed by atoms with Gasteiger partial charge in [-0.25, -0.2) is 0 Å². The van der Waals surface area contributed by atoms with Crippen molar-refractivity contribution in [1.82, 2.24) is 15.0 Å². The molecule has 0 amide bonds. The molecule has 0 radical (unpaired) electrons. The molecule has 0 aliphatic heterocycles. The number of ether oxygens (including phenoxy) is 1. The smallest absolute Gasteiger partial charge is 0.225 e. The van der Waals surface area contributed by atoms with Gasteiger partial charge in [0, 0.05) is 5.75 Å². The number of methoxy groups -OCH3 is 1. The zero-order valence-corrected chi connectivity index (χ0v) is 11.4. The lowest BCUT2D eigenvalue weighted by molar-refractivity contribution is 0.414. The summed E-state index contributed by atoms with van der Waals surface area (Å²) in [4.78, 5) is 11.8. The Hall–Kier alpha value is -2.02. The summed E-state index contributed by atoms with van der Waals surface area (Å²) in [6.07, 6.45) is 0. The molecular formula is C12H15N5OS. The molecule has 1 aromatic carbocycles. The lowest BCUT2D eigenvalue weighted by Gasteiger charge is -2.04. The Kier molecular flexibility index (Phi) is 4.40. The van der Waals surface area contributed by atoms with Gasteiger partial charge < -0.3 is 16.2 Å². The number of benzene rings is 1. The average molecular weight is 277 g/mol. The van der Waals surface area contributed by atoms with E-state index in [9.17, 15) is 0 Å². The van der Waals surface area contributed by atoms with Crippen LogP contribution in [0.25, 0.3) is 0 Å². The molecule has 0 saturated heterocycles. The van der Waals surface area contributed by atoms with E-state index in [4.69, 9.17) is 16.2 Å². The number of anilines is 2. The van der Waals surface area contributed by atoms with Crippen molar-refractivity contribution >= 4 is 23.7 Å². The molecule has 0 aliphatic carbocycles. The van der Waals surface area contributed by atoms with E-state index >= 15 is 0 Å². The van der Waals surface area contributed by atoms with Gasteiger partial charge >= 0.3 is 0 Å². The first-order valence-corrected chi connectivity index (χ1v) is 6.79. The van der Waals surface area contributed by atoms with Crippen LogP contribution < -0.4 is 16.2 Å². The molecule has 0 spiro atoms. The highest BCUT2D eigenvalue weighted by Gasteiger charge is 2.03. The predicted molar refractivity (Wildman–Crippen MR) is 76.6 cm³/mol. The Morgan fingerprint density at radius 1 is 1.11 bits per heavy atom. The van der Waals surface area contributed by atoms with Gasteiger partial charge in [0.05, 0.1) is 12.9 Å². The normalized spacial score (nSPS) is 10.4. The molecule has 100 valence electrons. The molecule has 0 aliphatic rings. The zero-order valence-electron chi connectivity index (χ0n) is 10.5. The molecule has 2 aromatic rings. The van der Waals surface area contributed by atoms with Gasteiger partial charge in [-0.05, 0) is 17.7 Å². The minimum Gasteiger partial charge on any atom is -0.497 e. The van der Waals surface area contributed by atoms with E-state index in [1.165, 1.54) is 5.56 Å². The molecule has 0 bridgehead atoms. The number of rotatable bonds is 5. The largest absolute Gasteiger partial charge is 0.497 e. The zero-order chi connectivity index (χ0) is 13.7. The fourth-order valence-corrected chi connectivity index (χ4v) is 2.37. The third kappa shape index (κ3) is 3.99.